The lowest BCUT2D eigenvalue weighted by Gasteiger charge is -2.13. The SMILES string of the molecule is Nc1ccc(Cl)cc1NC(=O)NC1CCOC1. The first-order chi connectivity index (χ1) is 8.15. The van der Waals surface area contributed by atoms with Gasteiger partial charge in [0.15, 0.2) is 0 Å². The Morgan fingerprint density at radius 1 is 1.53 bits per heavy atom. The minimum Gasteiger partial charge on any atom is -0.397 e. The van der Waals surface area contributed by atoms with E-state index in [2.05, 4.69) is 10.6 Å². The number of ether oxygens (including phenoxy) is 1. The molecule has 6 heteroatoms. The van der Waals surface area contributed by atoms with Crippen LogP contribution >= 0.6 is 11.6 Å². The molecule has 1 atom stereocenters. The maximum absolute atomic E-state index is 11.7. The van der Waals surface area contributed by atoms with Crippen LogP contribution in [0, 0.1) is 0 Å². The number of amides is 2. The van der Waals surface area contributed by atoms with Gasteiger partial charge in [-0.1, -0.05) is 11.6 Å². The zero-order chi connectivity index (χ0) is 12.3. The highest BCUT2D eigenvalue weighted by atomic mass is 35.5. The standard InChI is InChI=1S/C11H14ClN3O2/c12-7-1-2-9(13)10(5-7)15-11(16)14-8-3-4-17-6-8/h1-2,5,8H,3-4,6,13H2,(H2,14,15,16). The highest BCUT2D eigenvalue weighted by molar-refractivity contribution is 6.31. The van der Waals surface area contributed by atoms with Crippen LogP contribution in [0.4, 0.5) is 16.2 Å². The summed E-state index contributed by atoms with van der Waals surface area (Å²) in [5, 5.41) is 5.99. The van der Waals surface area contributed by atoms with Crippen LogP contribution in [0.1, 0.15) is 6.42 Å². The molecule has 2 amide bonds. The topological polar surface area (TPSA) is 76.4 Å². The van der Waals surface area contributed by atoms with Crippen molar-refractivity contribution in [1.29, 1.82) is 0 Å². The maximum Gasteiger partial charge on any atom is 0.319 e. The summed E-state index contributed by atoms with van der Waals surface area (Å²) >= 11 is 5.82. The molecule has 1 aliphatic heterocycles. The third-order valence-corrected chi connectivity index (χ3v) is 2.76. The third kappa shape index (κ3) is 3.25. The monoisotopic (exact) mass is 255 g/mol. The molecule has 1 aromatic carbocycles. The summed E-state index contributed by atoms with van der Waals surface area (Å²) in [6.45, 7) is 1.24. The van der Waals surface area contributed by atoms with Gasteiger partial charge in [-0.15, -0.1) is 0 Å². The summed E-state index contributed by atoms with van der Waals surface area (Å²) in [7, 11) is 0. The Labute approximate surface area is 104 Å². The molecule has 17 heavy (non-hydrogen) atoms. The molecule has 0 saturated carbocycles. The number of nitrogens with one attached hydrogen (secondary N) is 2. The molecule has 0 spiro atoms. The van der Waals surface area contributed by atoms with Gasteiger partial charge in [-0.05, 0) is 24.6 Å². The van der Waals surface area contributed by atoms with Crippen LogP contribution in [0.15, 0.2) is 18.2 Å². The fourth-order valence-corrected chi connectivity index (χ4v) is 1.80. The molecule has 0 aromatic heterocycles. The summed E-state index contributed by atoms with van der Waals surface area (Å²) in [6.07, 6.45) is 0.832. The van der Waals surface area contributed by atoms with Gasteiger partial charge >= 0.3 is 6.03 Å². The molecule has 2 rings (SSSR count). The van der Waals surface area contributed by atoms with Crippen LogP contribution in [-0.2, 0) is 4.74 Å². The van der Waals surface area contributed by atoms with Crippen molar-refractivity contribution in [2.75, 3.05) is 24.3 Å². The van der Waals surface area contributed by atoms with E-state index in [4.69, 9.17) is 22.1 Å². The summed E-state index contributed by atoms with van der Waals surface area (Å²) < 4.78 is 5.16. The van der Waals surface area contributed by atoms with Crippen molar-refractivity contribution in [1.82, 2.24) is 5.32 Å². The number of nitrogen functional groups attached to an aromatic ring is 1. The zero-order valence-electron chi connectivity index (χ0n) is 9.20. The molecule has 92 valence electrons. The molecule has 5 nitrogen and oxygen atoms in total. The normalized spacial score (nSPS) is 19.0. The molecule has 0 bridgehead atoms. The number of urea groups is 1. The quantitative estimate of drug-likeness (QED) is 0.706. The predicted octanol–water partition coefficient (Wildman–Crippen LogP) is 1.83. The van der Waals surface area contributed by atoms with Crippen molar-refractivity contribution in [3.8, 4) is 0 Å². The molecular formula is C11H14ClN3O2. The number of nitrogens with two attached hydrogens (primary N) is 1. The lowest BCUT2D eigenvalue weighted by Crippen LogP contribution is -2.38. The smallest absolute Gasteiger partial charge is 0.319 e. The van der Waals surface area contributed by atoms with Gasteiger partial charge in [0, 0.05) is 11.6 Å². The van der Waals surface area contributed by atoms with Crippen molar-refractivity contribution in [3.63, 3.8) is 0 Å². The van der Waals surface area contributed by atoms with Crippen LogP contribution < -0.4 is 16.4 Å². The Morgan fingerprint density at radius 3 is 3.06 bits per heavy atom. The first kappa shape index (κ1) is 12.0. The zero-order valence-corrected chi connectivity index (χ0v) is 9.96. The Morgan fingerprint density at radius 2 is 2.35 bits per heavy atom. The van der Waals surface area contributed by atoms with E-state index in [1.807, 2.05) is 0 Å². The number of halogens is 1. The Bertz CT molecular complexity index is 419. The van der Waals surface area contributed by atoms with E-state index >= 15 is 0 Å². The number of hydrogen-bond donors (Lipinski definition) is 3. The van der Waals surface area contributed by atoms with Crippen molar-refractivity contribution in [2.24, 2.45) is 0 Å². The number of carbonyl (C=O) groups is 1. The molecule has 4 N–H and O–H groups in total. The molecule has 1 heterocycles. The van der Waals surface area contributed by atoms with E-state index in [0.29, 0.717) is 29.6 Å². The van der Waals surface area contributed by atoms with Crippen molar-refractivity contribution in [2.45, 2.75) is 12.5 Å². The minimum absolute atomic E-state index is 0.0652. The summed E-state index contributed by atoms with van der Waals surface area (Å²) in [6, 6.07) is 4.70. The predicted molar refractivity (Wildman–Crippen MR) is 67.2 cm³/mol. The first-order valence-corrected chi connectivity index (χ1v) is 5.73. The molecular weight excluding hydrogens is 242 g/mol. The highest BCUT2D eigenvalue weighted by Crippen LogP contribution is 2.22. The second-order valence-corrected chi connectivity index (χ2v) is 4.33. The lowest BCUT2D eigenvalue weighted by molar-refractivity contribution is 0.189. The average Bonchev–Trinajstić information content (AvgIpc) is 2.76. The van der Waals surface area contributed by atoms with Gasteiger partial charge in [0.05, 0.1) is 24.0 Å². The van der Waals surface area contributed by atoms with Crippen molar-refractivity contribution in [3.05, 3.63) is 23.2 Å². The van der Waals surface area contributed by atoms with Crippen LogP contribution in [0.25, 0.3) is 0 Å². The van der Waals surface area contributed by atoms with Gasteiger partial charge in [0.2, 0.25) is 0 Å². The Balaban J connectivity index is 1.95. The van der Waals surface area contributed by atoms with Crippen LogP contribution in [0.5, 0.6) is 0 Å². The largest absolute Gasteiger partial charge is 0.397 e. The van der Waals surface area contributed by atoms with E-state index in [1.54, 1.807) is 18.2 Å². The number of rotatable bonds is 2. The van der Waals surface area contributed by atoms with Gasteiger partial charge < -0.3 is 21.1 Å². The molecule has 1 saturated heterocycles. The van der Waals surface area contributed by atoms with Crippen molar-refractivity contribution < 1.29 is 9.53 Å². The van der Waals surface area contributed by atoms with E-state index < -0.39 is 0 Å². The summed E-state index contributed by atoms with van der Waals surface area (Å²) in [5.74, 6) is 0. The van der Waals surface area contributed by atoms with Gasteiger partial charge in [-0.2, -0.15) is 0 Å². The van der Waals surface area contributed by atoms with E-state index in [-0.39, 0.29) is 12.1 Å². The lowest BCUT2D eigenvalue weighted by atomic mass is 10.2. The van der Waals surface area contributed by atoms with E-state index in [1.165, 1.54) is 0 Å². The second kappa shape index (κ2) is 5.25. The average molecular weight is 256 g/mol. The van der Waals surface area contributed by atoms with Gasteiger partial charge in [0.25, 0.3) is 0 Å². The van der Waals surface area contributed by atoms with Crippen LogP contribution in [0.3, 0.4) is 0 Å². The molecule has 1 aliphatic rings. The fraction of sp³-hybridized carbons (Fsp3) is 0.364. The van der Waals surface area contributed by atoms with Gasteiger partial charge in [0.1, 0.15) is 0 Å². The number of benzene rings is 1. The fourth-order valence-electron chi connectivity index (χ4n) is 1.63. The summed E-state index contributed by atoms with van der Waals surface area (Å²) in [4.78, 5) is 11.7. The van der Waals surface area contributed by atoms with Gasteiger partial charge in [-0.3, -0.25) is 0 Å². The summed E-state index contributed by atoms with van der Waals surface area (Å²) in [5.41, 5.74) is 6.71. The first-order valence-electron chi connectivity index (χ1n) is 5.35. The second-order valence-electron chi connectivity index (χ2n) is 3.89. The molecule has 0 aliphatic carbocycles. The Kier molecular flexibility index (Phi) is 3.71. The van der Waals surface area contributed by atoms with Crippen LogP contribution in [-0.4, -0.2) is 25.3 Å². The molecule has 0 radical (unpaired) electrons. The van der Waals surface area contributed by atoms with Crippen molar-refractivity contribution >= 4 is 29.0 Å². The molecule has 1 fully saturated rings. The molecule has 1 aromatic rings. The van der Waals surface area contributed by atoms with Crippen LogP contribution in [0.2, 0.25) is 5.02 Å². The highest BCUT2D eigenvalue weighted by Gasteiger charge is 2.17. The van der Waals surface area contributed by atoms with E-state index in [0.717, 1.165) is 6.42 Å². The maximum atomic E-state index is 11.7. The van der Waals surface area contributed by atoms with E-state index in [9.17, 15) is 4.79 Å². The third-order valence-electron chi connectivity index (χ3n) is 2.53. The number of hydrogen-bond acceptors (Lipinski definition) is 3. The minimum atomic E-state index is -0.297. The Hall–Kier alpha value is -1.46. The molecule has 1 unspecified atom stereocenters. The number of carbonyl (C=O) groups excluding carboxylic acids is 1. The number of anilines is 2. The van der Waals surface area contributed by atoms with Gasteiger partial charge in [-0.25, -0.2) is 4.79 Å².